The molecule has 1 aromatic rings. The maximum atomic E-state index is 13.5. The molecule has 1 saturated heterocycles. The van der Waals surface area contributed by atoms with Gasteiger partial charge in [-0.05, 0) is 30.9 Å². The van der Waals surface area contributed by atoms with Gasteiger partial charge in [-0.3, -0.25) is 4.79 Å². The number of carbonyl (C=O) groups is 1. The van der Waals surface area contributed by atoms with E-state index in [0.717, 1.165) is 12.8 Å². The van der Waals surface area contributed by atoms with Crippen LogP contribution in [0, 0.1) is 5.82 Å². The molecule has 0 aromatic heterocycles. The monoisotopic (exact) mass is 221 g/mol. The third-order valence-corrected chi connectivity index (χ3v) is 3.40. The van der Waals surface area contributed by atoms with Crippen LogP contribution >= 0.6 is 0 Å². The van der Waals surface area contributed by atoms with Crippen LogP contribution in [0.5, 0.6) is 0 Å². The van der Waals surface area contributed by atoms with E-state index in [2.05, 4.69) is 5.32 Å². The quantitative estimate of drug-likeness (QED) is 0.834. The van der Waals surface area contributed by atoms with Crippen molar-refractivity contribution in [3.8, 4) is 0 Å². The lowest BCUT2D eigenvalue weighted by Crippen LogP contribution is -2.43. The Hall–Kier alpha value is -1.38. The first-order valence-electron chi connectivity index (χ1n) is 5.70. The van der Waals surface area contributed by atoms with Crippen molar-refractivity contribution in [1.82, 2.24) is 5.32 Å². The van der Waals surface area contributed by atoms with Gasteiger partial charge >= 0.3 is 0 Å². The molecule has 1 atom stereocenters. The second-order valence-electron chi connectivity index (χ2n) is 4.45. The van der Waals surface area contributed by atoms with Crippen molar-refractivity contribution in [2.45, 2.75) is 38.1 Å². The Bertz CT molecular complexity index is 405. The summed E-state index contributed by atoms with van der Waals surface area (Å²) in [7, 11) is 0. The standard InChI is InChI=1S/C13H16FNO/c1-2-13(8-7-12(16)15-13)9-10-5-3-4-6-11(10)14/h3-6H,2,7-9H2,1H3,(H,15,16). The zero-order valence-corrected chi connectivity index (χ0v) is 9.42. The summed E-state index contributed by atoms with van der Waals surface area (Å²) in [5, 5.41) is 2.99. The maximum absolute atomic E-state index is 13.5. The predicted molar refractivity (Wildman–Crippen MR) is 60.5 cm³/mol. The average Bonchev–Trinajstić information content (AvgIpc) is 2.65. The number of hydrogen-bond donors (Lipinski definition) is 1. The Labute approximate surface area is 94.9 Å². The average molecular weight is 221 g/mol. The largest absolute Gasteiger partial charge is 0.350 e. The van der Waals surface area contributed by atoms with Crippen molar-refractivity contribution < 1.29 is 9.18 Å². The zero-order valence-electron chi connectivity index (χ0n) is 9.42. The zero-order chi connectivity index (χ0) is 11.6. The van der Waals surface area contributed by atoms with Gasteiger partial charge in [0.15, 0.2) is 0 Å². The molecule has 1 unspecified atom stereocenters. The first kappa shape index (κ1) is 11.1. The highest BCUT2D eigenvalue weighted by Gasteiger charge is 2.36. The van der Waals surface area contributed by atoms with E-state index >= 15 is 0 Å². The molecular formula is C13H16FNO. The molecule has 86 valence electrons. The first-order chi connectivity index (χ1) is 7.65. The Kier molecular flexibility index (Phi) is 2.95. The molecule has 0 saturated carbocycles. The van der Waals surface area contributed by atoms with Crippen LogP contribution in [0.3, 0.4) is 0 Å². The molecule has 0 aliphatic carbocycles. The van der Waals surface area contributed by atoms with Gasteiger partial charge in [-0.1, -0.05) is 25.1 Å². The molecule has 1 fully saturated rings. The van der Waals surface area contributed by atoms with Crippen molar-refractivity contribution in [2.24, 2.45) is 0 Å². The van der Waals surface area contributed by atoms with Crippen molar-refractivity contribution in [3.05, 3.63) is 35.6 Å². The second-order valence-corrected chi connectivity index (χ2v) is 4.45. The molecule has 1 heterocycles. The summed E-state index contributed by atoms with van der Waals surface area (Å²) < 4.78 is 13.5. The molecule has 1 aliphatic rings. The Balaban J connectivity index is 2.19. The van der Waals surface area contributed by atoms with Crippen LogP contribution in [0.25, 0.3) is 0 Å². The minimum Gasteiger partial charge on any atom is -0.350 e. The highest BCUT2D eigenvalue weighted by Crippen LogP contribution is 2.28. The molecule has 1 N–H and O–H groups in total. The van der Waals surface area contributed by atoms with Gasteiger partial charge in [-0.2, -0.15) is 0 Å². The van der Waals surface area contributed by atoms with Crippen molar-refractivity contribution in [1.29, 1.82) is 0 Å². The lowest BCUT2D eigenvalue weighted by Gasteiger charge is -2.28. The van der Waals surface area contributed by atoms with Crippen LogP contribution in [-0.2, 0) is 11.2 Å². The number of benzene rings is 1. The van der Waals surface area contributed by atoms with Gasteiger partial charge in [0.05, 0.1) is 0 Å². The molecule has 0 spiro atoms. The fraction of sp³-hybridized carbons (Fsp3) is 0.462. The molecule has 2 nitrogen and oxygen atoms in total. The number of rotatable bonds is 3. The van der Waals surface area contributed by atoms with Gasteiger partial charge in [0.1, 0.15) is 5.82 Å². The molecule has 2 rings (SSSR count). The van der Waals surface area contributed by atoms with Gasteiger partial charge in [0.2, 0.25) is 5.91 Å². The van der Waals surface area contributed by atoms with E-state index in [1.54, 1.807) is 12.1 Å². The molecule has 1 aromatic carbocycles. The van der Waals surface area contributed by atoms with Gasteiger partial charge in [-0.25, -0.2) is 4.39 Å². The van der Waals surface area contributed by atoms with E-state index in [1.807, 2.05) is 13.0 Å². The Morgan fingerprint density at radius 3 is 2.75 bits per heavy atom. The number of nitrogens with one attached hydrogen (secondary N) is 1. The second kappa shape index (κ2) is 4.24. The van der Waals surface area contributed by atoms with Crippen LogP contribution in [0.2, 0.25) is 0 Å². The smallest absolute Gasteiger partial charge is 0.220 e. The number of halogens is 1. The van der Waals surface area contributed by atoms with Crippen molar-refractivity contribution in [3.63, 3.8) is 0 Å². The van der Waals surface area contributed by atoms with Crippen molar-refractivity contribution >= 4 is 5.91 Å². The summed E-state index contributed by atoms with van der Waals surface area (Å²) in [4.78, 5) is 11.3. The summed E-state index contributed by atoms with van der Waals surface area (Å²) in [5.74, 6) is -0.102. The van der Waals surface area contributed by atoms with Crippen LogP contribution in [0.1, 0.15) is 31.7 Å². The summed E-state index contributed by atoms with van der Waals surface area (Å²) in [6.07, 6.45) is 2.79. The van der Waals surface area contributed by atoms with Crippen LogP contribution in [0.4, 0.5) is 4.39 Å². The normalized spacial score (nSPS) is 24.5. The first-order valence-corrected chi connectivity index (χ1v) is 5.70. The molecular weight excluding hydrogens is 205 g/mol. The van der Waals surface area contributed by atoms with Gasteiger partial charge in [0.25, 0.3) is 0 Å². The molecule has 0 radical (unpaired) electrons. The van der Waals surface area contributed by atoms with E-state index in [-0.39, 0.29) is 17.3 Å². The molecule has 1 amide bonds. The van der Waals surface area contributed by atoms with Crippen LogP contribution in [0.15, 0.2) is 24.3 Å². The Morgan fingerprint density at radius 2 is 2.19 bits per heavy atom. The van der Waals surface area contributed by atoms with Crippen molar-refractivity contribution in [2.75, 3.05) is 0 Å². The summed E-state index contributed by atoms with van der Waals surface area (Å²) in [5.41, 5.74) is 0.450. The molecule has 16 heavy (non-hydrogen) atoms. The lowest BCUT2D eigenvalue weighted by molar-refractivity contribution is -0.119. The van der Waals surface area contributed by atoms with Gasteiger partial charge in [0, 0.05) is 12.0 Å². The minimum absolute atomic E-state index is 0.0817. The third kappa shape index (κ3) is 2.08. The Morgan fingerprint density at radius 1 is 1.44 bits per heavy atom. The van der Waals surface area contributed by atoms with Crippen LogP contribution in [-0.4, -0.2) is 11.4 Å². The fourth-order valence-electron chi connectivity index (χ4n) is 2.30. The molecule has 1 aliphatic heterocycles. The van der Waals surface area contributed by atoms with Crippen LogP contribution < -0.4 is 5.32 Å². The highest BCUT2D eigenvalue weighted by molar-refractivity contribution is 5.79. The molecule has 3 heteroatoms. The SMILES string of the molecule is CCC1(Cc2ccccc2F)CCC(=O)N1. The van der Waals surface area contributed by atoms with E-state index < -0.39 is 0 Å². The number of amides is 1. The lowest BCUT2D eigenvalue weighted by atomic mass is 9.87. The molecule has 0 bridgehead atoms. The van der Waals surface area contributed by atoms with E-state index in [0.29, 0.717) is 18.4 Å². The number of carbonyl (C=O) groups excluding carboxylic acids is 1. The van der Waals surface area contributed by atoms with Gasteiger partial charge in [-0.15, -0.1) is 0 Å². The number of hydrogen-bond acceptors (Lipinski definition) is 1. The third-order valence-electron chi connectivity index (χ3n) is 3.40. The van der Waals surface area contributed by atoms with E-state index in [9.17, 15) is 9.18 Å². The summed E-state index contributed by atoms with van der Waals surface area (Å²) in [6, 6.07) is 6.77. The fourth-order valence-corrected chi connectivity index (χ4v) is 2.30. The summed E-state index contributed by atoms with van der Waals surface area (Å²) >= 11 is 0. The minimum atomic E-state index is -0.237. The van der Waals surface area contributed by atoms with Gasteiger partial charge < -0.3 is 5.32 Å². The maximum Gasteiger partial charge on any atom is 0.220 e. The predicted octanol–water partition coefficient (Wildman–Crippen LogP) is 2.43. The topological polar surface area (TPSA) is 29.1 Å². The van der Waals surface area contributed by atoms with E-state index in [4.69, 9.17) is 0 Å². The summed E-state index contributed by atoms with van der Waals surface area (Å²) in [6.45, 7) is 2.03. The highest BCUT2D eigenvalue weighted by atomic mass is 19.1. The van der Waals surface area contributed by atoms with E-state index in [1.165, 1.54) is 6.07 Å².